The van der Waals surface area contributed by atoms with Gasteiger partial charge in [0.05, 0.1) is 6.21 Å². The molecule has 1 aromatic heterocycles. The highest BCUT2D eigenvalue weighted by atomic mass is 16.6. The van der Waals surface area contributed by atoms with Gasteiger partial charge in [-0.1, -0.05) is 23.4 Å². The number of nitrogens with zero attached hydrogens (tertiary/aromatic N) is 2. The third-order valence-corrected chi connectivity index (χ3v) is 4.35. The summed E-state index contributed by atoms with van der Waals surface area (Å²) in [6.07, 6.45) is 8.09. The van der Waals surface area contributed by atoms with Crippen LogP contribution in [0.25, 0.3) is 0 Å². The van der Waals surface area contributed by atoms with Gasteiger partial charge in [0.15, 0.2) is 0 Å². The molecule has 6 nitrogen and oxygen atoms in total. The van der Waals surface area contributed by atoms with Crippen molar-refractivity contribution in [3.8, 4) is 5.88 Å². The number of hydrogen-bond acceptors (Lipinski definition) is 5. The highest BCUT2D eigenvalue weighted by Gasteiger charge is 2.18. The molecule has 6 heteroatoms. The number of hydrogen-bond donors (Lipinski definition) is 1. The fraction of sp³-hybridized carbons (Fsp3) is 0.350. The lowest BCUT2D eigenvalue weighted by Gasteiger charge is -2.15. The van der Waals surface area contributed by atoms with Crippen LogP contribution in [0.1, 0.15) is 47.2 Å². The molecule has 0 aliphatic heterocycles. The quantitative estimate of drug-likeness (QED) is 0.612. The van der Waals surface area contributed by atoms with E-state index in [0.717, 1.165) is 24.0 Å². The van der Waals surface area contributed by atoms with Crippen LogP contribution in [-0.4, -0.2) is 30.3 Å². The third kappa shape index (κ3) is 4.81. The second kappa shape index (κ2) is 8.99. The van der Waals surface area contributed by atoms with E-state index in [0.29, 0.717) is 18.0 Å². The van der Waals surface area contributed by atoms with E-state index >= 15 is 0 Å². The molecule has 2 aromatic rings. The first-order valence-electron chi connectivity index (χ1n) is 8.81. The van der Waals surface area contributed by atoms with Gasteiger partial charge in [0, 0.05) is 23.9 Å². The van der Waals surface area contributed by atoms with Gasteiger partial charge < -0.3 is 14.9 Å². The fourth-order valence-corrected chi connectivity index (χ4v) is 2.94. The van der Waals surface area contributed by atoms with Gasteiger partial charge >= 0.3 is 0 Å². The maximum atomic E-state index is 12.4. The number of rotatable bonds is 7. The van der Waals surface area contributed by atoms with Crippen LogP contribution in [0.5, 0.6) is 5.88 Å². The molecule has 0 atom stereocenters. The Bertz CT molecular complexity index is 753. The zero-order chi connectivity index (χ0) is 18.2. The van der Waals surface area contributed by atoms with Crippen molar-refractivity contribution in [2.75, 3.05) is 7.11 Å². The van der Waals surface area contributed by atoms with Crippen LogP contribution in [0.4, 0.5) is 0 Å². The fourth-order valence-electron chi connectivity index (χ4n) is 2.94. The molecule has 1 aliphatic carbocycles. The summed E-state index contributed by atoms with van der Waals surface area (Å²) < 4.78 is 6.01. The molecule has 0 radical (unpaired) electrons. The number of pyridine rings is 1. The molecule has 1 aromatic carbocycles. The second-order valence-corrected chi connectivity index (χ2v) is 6.21. The molecule has 1 amide bonds. The minimum Gasteiger partial charge on any atom is -0.474 e. The van der Waals surface area contributed by atoms with Crippen LogP contribution in [0, 0.1) is 0 Å². The SMILES string of the molecule is CON=Cc1ccc(C(=O)NCc2cccnc2OC2CCCC2)cc1. The van der Waals surface area contributed by atoms with Crippen molar-refractivity contribution in [3.05, 3.63) is 59.3 Å². The molecule has 0 saturated heterocycles. The van der Waals surface area contributed by atoms with E-state index in [1.54, 1.807) is 24.5 Å². The first-order chi connectivity index (χ1) is 12.8. The number of carbonyl (C=O) groups is 1. The summed E-state index contributed by atoms with van der Waals surface area (Å²) in [4.78, 5) is 21.3. The molecule has 0 spiro atoms. The Morgan fingerprint density at radius 3 is 2.77 bits per heavy atom. The molecule has 1 fully saturated rings. The zero-order valence-corrected chi connectivity index (χ0v) is 14.9. The minimum atomic E-state index is -0.143. The Labute approximate surface area is 153 Å². The number of ether oxygens (including phenoxy) is 1. The lowest BCUT2D eigenvalue weighted by atomic mass is 10.1. The summed E-state index contributed by atoms with van der Waals surface area (Å²) in [6, 6.07) is 10.9. The van der Waals surface area contributed by atoms with E-state index in [-0.39, 0.29) is 12.0 Å². The maximum Gasteiger partial charge on any atom is 0.251 e. The van der Waals surface area contributed by atoms with Gasteiger partial charge in [-0.15, -0.1) is 0 Å². The number of benzene rings is 1. The van der Waals surface area contributed by atoms with Gasteiger partial charge in [-0.25, -0.2) is 4.98 Å². The smallest absolute Gasteiger partial charge is 0.251 e. The largest absolute Gasteiger partial charge is 0.474 e. The number of amides is 1. The molecule has 0 bridgehead atoms. The summed E-state index contributed by atoms with van der Waals surface area (Å²) in [6.45, 7) is 0.377. The normalized spacial score (nSPS) is 14.5. The number of aromatic nitrogens is 1. The van der Waals surface area contributed by atoms with Crippen molar-refractivity contribution >= 4 is 12.1 Å². The first-order valence-corrected chi connectivity index (χ1v) is 8.81. The Morgan fingerprint density at radius 2 is 2.04 bits per heavy atom. The van der Waals surface area contributed by atoms with Crippen molar-refractivity contribution in [2.45, 2.75) is 38.3 Å². The lowest BCUT2D eigenvalue weighted by Crippen LogP contribution is -2.24. The predicted molar refractivity (Wildman–Crippen MR) is 99.3 cm³/mol. The van der Waals surface area contributed by atoms with Crippen molar-refractivity contribution in [1.29, 1.82) is 0 Å². The van der Waals surface area contributed by atoms with Crippen molar-refractivity contribution < 1.29 is 14.4 Å². The Kier molecular flexibility index (Phi) is 6.19. The predicted octanol–water partition coefficient (Wildman–Crippen LogP) is 3.31. The molecule has 1 N–H and O–H groups in total. The average molecular weight is 353 g/mol. The van der Waals surface area contributed by atoms with Gasteiger partial charge in [0.1, 0.15) is 13.2 Å². The summed E-state index contributed by atoms with van der Waals surface area (Å²) in [5, 5.41) is 6.62. The van der Waals surface area contributed by atoms with E-state index in [4.69, 9.17) is 4.74 Å². The number of nitrogens with one attached hydrogen (secondary N) is 1. The van der Waals surface area contributed by atoms with Crippen molar-refractivity contribution in [1.82, 2.24) is 10.3 Å². The van der Waals surface area contributed by atoms with E-state index in [1.165, 1.54) is 20.0 Å². The first kappa shape index (κ1) is 17.9. The van der Waals surface area contributed by atoms with E-state index < -0.39 is 0 Å². The molecule has 1 aliphatic rings. The topological polar surface area (TPSA) is 72.8 Å². The van der Waals surface area contributed by atoms with Crippen LogP contribution in [0.3, 0.4) is 0 Å². The minimum absolute atomic E-state index is 0.143. The summed E-state index contributed by atoms with van der Waals surface area (Å²) >= 11 is 0. The van der Waals surface area contributed by atoms with Crippen LogP contribution in [-0.2, 0) is 11.4 Å². The van der Waals surface area contributed by atoms with Crippen molar-refractivity contribution in [2.24, 2.45) is 5.16 Å². The van der Waals surface area contributed by atoms with Crippen LogP contribution in [0.15, 0.2) is 47.8 Å². The molecule has 136 valence electrons. The van der Waals surface area contributed by atoms with Gasteiger partial charge in [-0.2, -0.15) is 0 Å². The zero-order valence-electron chi connectivity index (χ0n) is 14.9. The highest BCUT2D eigenvalue weighted by molar-refractivity contribution is 5.95. The van der Waals surface area contributed by atoms with E-state index in [2.05, 4.69) is 20.3 Å². The summed E-state index contributed by atoms with van der Waals surface area (Å²) in [7, 11) is 1.49. The average Bonchev–Trinajstić information content (AvgIpc) is 3.19. The van der Waals surface area contributed by atoms with Crippen LogP contribution >= 0.6 is 0 Å². The summed E-state index contributed by atoms with van der Waals surface area (Å²) in [5.74, 6) is 0.474. The third-order valence-electron chi connectivity index (χ3n) is 4.35. The monoisotopic (exact) mass is 353 g/mol. The van der Waals surface area contributed by atoms with E-state index in [9.17, 15) is 4.79 Å². The number of oxime groups is 1. The lowest BCUT2D eigenvalue weighted by molar-refractivity contribution is 0.0950. The molecule has 0 unspecified atom stereocenters. The highest BCUT2D eigenvalue weighted by Crippen LogP contribution is 2.25. The molecule has 1 saturated carbocycles. The van der Waals surface area contributed by atoms with Gasteiger partial charge in [0.25, 0.3) is 5.91 Å². The maximum absolute atomic E-state index is 12.4. The van der Waals surface area contributed by atoms with Gasteiger partial charge in [0.2, 0.25) is 5.88 Å². The van der Waals surface area contributed by atoms with Crippen LogP contribution in [0.2, 0.25) is 0 Å². The molecule has 3 rings (SSSR count). The summed E-state index contributed by atoms with van der Waals surface area (Å²) in [5.41, 5.74) is 2.33. The molecule has 26 heavy (non-hydrogen) atoms. The van der Waals surface area contributed by atoms with Crippen LogP contribution < -0.4 is 10.1 Å². The second-order valence-electron chi connectivity index (χ2n) is 6.21. The Morgan fingerprint density at radius 1 is 1.27 bits per heavy atom. The molecular formula is C20H23N3O3. The molecular weight excluding hydrogens is 330 g/mol. The Balaban J connectivity index is 1.59. The van der Waals surface area contributed by atoms with Gasteiger partial charge in [-0.05, 0) is 49.4 Å². The van der Waals surface area contributed by atoms with Crippen molar-refractivity contribution in [3.63, 3.8) is 0 Å². The molecule has 1 heterocycles. The van der Waals surface area contributed by atoms with Gasteiger partial charge in [-0.3, -0.25) is 4.79 Å². The van der Waals surface area contributed by atoms with E-state index in [1.807, 2.05) is 24.3 Å². The standard InChI is InChI=1S/C20H23N3O3/c1-25-23-13-15-8-10-16(11-9-15)19(24)22-14-17-5-4-12-21-20(17)26-18-6-2-3-7-18/h4-5,8-13,18H,2-3,6-7,14H2,1H3,(H,22,24). The Hall–Kier alpha value is -2.89. The number of carbonyl (C=O) groups excluding carboxylic acids is 1.